The maximum Gasteiger partial charge on any atom is 0.197 e. The summed E-state index contributed by atoms with van der Waals surface area (Å²) >= 11 is 0. The van der Waals surface area contributed by atoms with E-state index >= 15 is 0 Å². The number of Topliss-reactive ketones (excluding diaryl/α,β-unsaturated/α-hetero) is 1. The molecule has 1 heterocycles. The third kappa shape index (κ3) is 3.77. The average molecular weight is 302 g/mol. The molecule has 4 nitrogen and oxygen atoms in total. The van der Waals surface area contributed by atoms with Crippen molar-refractivity contribution in [2.45, 2.75) is 19.8 Å². The Morgan fingerprint density at radius 2 is 1.90 bits per heavy atom. The molecule has 2 aromatic rings. The molecule has 20 heavy (non-hydrogen) atoms. The van der Waals surface area contributed by atoms with Crippen LogP contribution in [0, 0.1) is 18.6 Å². The number of aromatic nitrogens is 2. The Hall–Kier alpha value is -1.95. The smallest absolute Gasteiger partial charge is 0.197 e. The monoisotopic (exact) mass is 301 g/mol. The van der Waals surface area contributed by atoms with E-state index in [9.17, 15) is 13.6 Å². The number of H-pyrrole nitrogens is 1. The van der Waals surface area contributed by atoms with E-state index in [1.54, 1.807) is 6.92 Å². The van der Waals surface area contributed by atoms with Crippen LogP contribution in [0.25, 0.3) is 0 Å². The number of halogens is 3. The molecule has 1 aromatic carbocycles. The number of hydrogen-bond acceptors (Lipinski definition) is 3. The van der Waals surface area contributed by atoms with Crippen LogP contribution in [0.5, 0.6) is 0 Å². The minimum Gasteiger partial charge on any atom is -0.369 e. The van der Waals surface area contributed by atoms with Crippen LogP contribution in [-0.4, -0.2) is 15.8 Å². The normalized spacial score (nSPS) is 10.2. The summed E-state index contributed by atoms with van der Waals surface area (Å²) in [4.78, 5) is 18.7. The molecule has 0 spiro atoms. The van der Waals surface area contributed by atoms with E-state index in [1.807, 2.05) is 0 Å². The van der Waals surface area contributed by atoms with Crippen molar-refractivity contribution in [1.29, 1.82) is 0 Å². The van der Waals surface area contributed by atoms with Crippen molar-refractivity contribution in [3.8, 4) is 0 Å². The number of nitrogen functional groups attached to an aromatic ring is 1. The number of nitrogens with zero attached hydrogens (tertiary/aromatic N) is 1. The van der Waals surface area contributed by atoms with Gasteiger partial charge in [-0.25, -0.2) is 13.8 Å². The van der Waals surface area contributed by atoms with Crippen LogP contribution >= 0.6 is 12.4 Å². The molecular weight excluding hydrogens is 288 g/mol. The molecular formula is C13H14ClF2N3O. The maximum atomic E-state index is 13.0. The number of aryl methyl sites for hydroxylation is 2. The molecule has 2 rings (SSSR count). The number of benzene rings is 1. The molecule has 1 aromatic heterocycles. The molecule has 0 saturated heterocycles. The van der Waals surface area contributed by atoms with Gasteiger partial charge in [0.25, 0.3) is 0 Å². The molecule has 0 bridgehead atoms. The fourth-order valence-corrected chi connectivity index (χ4v) is 1.86. The van der Waals surface area contributed by atoms with Crippen molar-refractivity contribution < 1.29 is 13.6 Å². The van der Waals surface area contributed by atoms with Gasteiger partial charge in [-0.1, -0.05) is 0 Å². The summed E-state index contributed by atoms with van der Waals surface area (Å²) in [5.41, 5.74) is 6.98. The largest absolute Gasteiger partial charge is 0.369 e. The zero-order valence-electron chi connectivity index (χ0n) is 10.7. The average Bonchev–Trinajstić information content (AvgIpc) is 2.63. The van der Waals surface area contributed by atoms with Gasteiger partial charge in [0.05, 0.1) is 5.69 Å². The van der Waals surface area contributed by atoms with E-state index in [0.29, 0.717) is 12.1 Å². The lowest BCUT2D eigenvalue weighted by Gasteiger charge is -2.01. The highest BCUT2D eigenvalue weighted by atomic mass is 35.5. The van der Waals surface area contributed by atoms with E-state index in [0.717, 1.165) is 23.9 Å². The molecule has 0 atom stereocenters. The van der Waals surface area contributed by atoms with Crippen LogP contribution in [0.3, 0.4) is 0 Å². The Labute approximate surface area is 120 Å². The SMILES string of the molecule is Cc1[nH]c(N)nc1CCC(=O)c1cc(F)cc(F)c1.Cl. The van der Waals surface area contributed by atoms with Gasteiger partial charge in [0.1, 0.15) is 11.6 Å². The van der Waals surface area contributed by atoms with Gasteiger partial charge in [-0.15, -0.1) is 12.4 Å². The highest BCUT2D eigenvalue weighted by Gasteiger charge is 2.12. The third-order valence-electron chi connectivity index (χ3n) is 2.78. The molecule has 0 aliphatic carbocycles. The quantitative estimate of drug-likeness (QED) is 0.853. The second-order valence-corrected chi connectivity index (χ2v) is 4.28. The van der Waals surface area contributed by atoms with Crippen molar-refractivity contribution in [1.82, 2.24) is 9.97 Å². The number of carbonyl (C=O) groups is 1. The highest BCUT2D eigenvalue weighted by Crippen LogP contribution is 2.13. The lowest BCUT2D eigenvalue weighted by atomic mass is 10.0. The van der Waals surface area contributed by atoms with Crippen LogP contribution in [0.15, 0.2) is 18.2 Å². The van der Waals surface area contributed by atoms with Crippen LogP contribution in [0.4, 0.5) is 14.7 Å². The summed E-state index contributed by atoms with van der Waals surface area (Å²) < 4.78 is 26.0. The molecule has 0 aliphatic heterocycles. The van der Waals surface area contributed by atoms with Crippen molar-refractivity contribution in [2.24, 2.45) is 0 Å². The van der Waals surface area contributed by atoms with Gasteiger partial charge in [0, 0.05) is 23.7 Å². The number of hydrogen-bond donors (Lipinski definition) is 2. The predicted octanol–water partition coefficient (Wildman–Crippen LogP) is 2.82. The summed E-state index contributed by atoms with van der Waals surface area (Å²) in [6, 6.07) is 2.78. The van der Waals surface area contributed by atoms with Crippen LogP contribution in [-0.2, 0) is 6.42 Å². The van der Waals surface area contributed by atoms with E-state index in [1.165, 1.54) is 0 Å². The Kier molecular flexibility index (Phi) is 5.21. The minimum absolute atomic E-state index is 0. The Balaban J connectivity index is 0.00000200. The number of carbonyl (C=O) groups excluding carboxylic acids is 1. The van der Waals surface area contributed by atoms with E-state index in [-0.39, 0.29) is 36.1 Å². The third-order valence-corrected chi connectivity index (χ3v) is 2.78. The number of ketones is 1. The fraction of sp³-hybridized carbons (Fsp3) is 0.231. The Morgan fingerprint density at radius 1 is 1.30 bits per heavy atom. The number of nitrogens with one attached hydrogen (secondary N) is 1. The molecule has 0 fully saturated rings. The second-order valence-electron chi connectivity index (χ2n) is 4.28. The van der Waals surface area contributed by atoms with Gasteiger partial charge in [-0.3, -0.25) is 4.79 Å². The van der Waals surface area contributed by atoms with E-state index in [4.69, 9.17) is 5.73 Å². The van der Waals surface area contributed by atoms with Crippen LogP contribution in [0.2, 0.25) is 0 Å². The Bertz CT molecular complexity index is 608. The van der Waals surface area contributed by atoms with Crippen molar-refractivity contribution >= 4 is 24.1 Å². The topological polar surface area (TPSA) is 71.8 Å². The second kappa shape index (κ2) is 6.47. The first-order chi connectivity index (χ1) is 8.95. The van der Waals surface area contributed by atoms with E-state index in [2.05, 4.69) is 9.97 Å². The predicted molar refractivity (Wildman–Crippen MR) is 74.0 cm³/mol. The molecule has 0 radical (unpaired) electrons. The molecule has 0 saturated carbocycles. The fourth-order valence-electron chi connectivity index (χ4n) is 1.86. The first-order valence-corrected chi connectivity index (χ1v) is 5.76. The van der Waals surface area contributed by atoms with E-state index < -0.39 is 11.6 Å². The number of imidazole rings is 1. The summed E-state index contributed by atoms with van der Waals surface area (Å²) in [6.07, 6.45) is 0.491. The highest BCUT2D eigenvalue weighted by molar-refractivity contribution is 5.96. The van der Waals surface area contributed by atoms with Crippen molar-refractivity contribution in [2.75, 3.05) is 5.73 Å². The molecule has 108 valence electrons. The van der Waals surface area contributed by atoms with Gasteiger partial charge in [-0.05, 0) is 25.5 Å². The first-order valence-electron chi connectivity index (χ1n) is 5.76. The molecule has 0 unspecified atom stereocenters. The number of nitrogens with two attached hydrogens (primary N) is 1. The van der Waals surface area contributed by atoms with Crippen LogP contribution in [0.1, 0.15) is 28.2 Å². The van der Waals surface area contributed by atoms with Crippen molar-refractivity contribution in [3.63, 3.8) is 0 Å². The van der Waals surface area contributed by atoms with Gasteiger partial charge in [0.15, 0.2) is 11.7 Å². The molecule has 0 amide bonds. The molecule has 3 N–H and O–H groups in total. The lowest BCUT2D eigenvalue weighted by molar-refractivity contribution is 0.0981. The van der Waals surface area contributed by atoms with Gasteiger partial charge < -0.3 is 10.7 Å². The summed E-state index contributed by atoms with van der Waals surface area (Å²) in [5.74, 6) is -1.57. The zero-order valence-corrected chi connectivity index (χ0v) is 11.6. The van der Waals surface area contributed by atoms with Crippen LogP contribution < -0.4 is 5.73 Å². The number of anilines is 1. The van der Waals surface area contributed by atoms with Gasteiger partial charge in [0.2, 0.25) is 0 Å². The maximum absolute atomic E-state index is 13.0. The summed E-state index contributed by atoms with van der Waals surface area (Å²) in [6.45, 7) is 1.80. The molecule has 7 heteroatoms. The van der Waals surface area contributed by atoms with Gasteiger partial charge >= 0.3 is 0 Å². The Morgan fingerprint density at radius 3 is 2.40 bits per heavy atom. The summed E-state index contributed by atoms with van der Waals surface area (Å²) in [7, 11) is 0. The molecule has 0 aliphatic rings. The zero-order chi connectivity index (χ0) is 14.0. The van der Waals surface area contributed by atoms with Gasteiger partial charge in [-0.2, -0.15) is 0 Å². The standard InChI is InChI=1S/C13H13F2N3O.ClH/c1-7-11(18-13(16)17-7)2-3-12(19)8-4-9(14)6-10(15)5-8;/h4-6H,2-3H2,1H3,(H3,16,17,18);1H. The minimum atomic E-state index is -0.761. The first kappa shape index (κ1) is 16.1. The lowest BCUT2D eigenvalue weighted by Crippen LogP contribution is -2.03. The van der Waals surface area contributed by atoms with Crippen molar-refractivity contribution in [3.05, 3.63) is 46.8 Å². The number of rotatable bonds is 4. The summed E-state index contributed by atoms with van der Waals surface area (Å²) in [5, 5.41) is 0. The number of aromatic amines is 1.